The molecular weight excluding hydrogens is 238 g/mol. The van der Waals surface area contributed by atoms with Crippen molar-refractivity contribution in [3.63, 3.8) is 0 Å². The molecule has 2 heteroatoms. The van der Waals surface area contributed by atoms with Gasteiger partial charge in [0.05, 0.1) is 6.07 Å². The molecule has 0 radical (unpaired) electrons. The first-order valence-corrected chi connectivity index (χ1v) is 7.29. The van der Waals surface area contributed by atoms with Gasteiger partial charge in [0.2, 0.25) is 0 Å². The van der Waals surface area contributed by atoms with Crippen LogP contribution < -0.4 is 0 Å². The highest BCUT2D eigenvalue weighted by molar-refractivity contribution is 7.99. The predicted molar refractivity (Wildman–Crippen MR) is 76.6 cm³/mol. The minimum Gasteiger partial charge on any atom is -0.198 e. The lowest BCUT2D eigenvalue weighted by molar-refractivity contribution is 0.604. The molecule has 2 aromatic carbocycles. The number of fused-ring (bicyclic) bond motifs is 1. The molecule has 90 valence electrons. The Morgan fingerprint density at radius 3 is 2.61 bits per heavy atom. The summed E-state index contributed by atoms with van der Waals surface area (Å²) in [6.07, 6.45) is 3.16. The molecule has 0 atom stereocenters. The Kier molecular flexibility index (Phi) is 3.01. The van der Waals surface area contributed by atoms with Crippen LogP contribution in [0.4, 0.5) is 0 Å². The molecule has 1 aliphatic carbocycles. The fraction of sp³-hybridized carbons (Fsp3) is 0.312. The molecule has 1 nitrogen and oxygen atoms in total. The summed E-state index contributed by atoms with van der Waals surface area (Å²) < 4.78 is 0. The number of thioether (sulfide) groups is 1. The lowest BCUT2D eigenvalue weighted by atomic mass is 10.1. The Balaban J connectivity index is 1.73. The number of nitriles is 1. The second kappa shape index (κ2) is 4.66. The zero-order valence-electron chi connectivity index (χ0n) is 10.2. The quantitative estimate of drug-likeness (QED) is 0.742. The average molecular weight is 253 g/mol. The van der Waals surface area contributed by atoms with Crippen LogP contribution in [0.25, 0.3) is 10.8 Å². The van der Waals surface area contributed by atoms with E-state index < -0.39 is 0 Å². The van der Waals surface area contributed by atoms with E-state index in [0.717, 1.165) is 5.75 Å². The summed E-state index contributed by atoms with van der Waals surface area (Å²) in [5, 5.41) is 11.4. The van der Waals surface area contributed by atoms with E-state index in [-0.39, 0.29) is 0 Å². The number of hydrogen-bond acceptors (Lipinski definition) is 2. The van der Waals surface area contributed by atoms with Crippen molar-refractivity contribution >= 4 is 22.5 Å². The Morgan fingerprint density at radius 2 is 1.89 bits per heavy atom. The second-order valence-corrected chi connectivity index (χ2v) is 6.18. The van der Waals surface area contributed by atoms with Crippen LogP contribution in [0.5, 0.6) is 0 Å². The highest BCUT2D eigenvalue weighted by Gasteiger charge is 2.42. The predicted octanol–water partition coefficient (Wildman–Crippen LogP) is 4.63. The largest absolute Gasteiger partial charge is 0.198 e. The molecule has 3 rings (SSSR count). The summed E-state index contributed by atoms with van der Waals surface area (Å²) in [5.74, 6) is 1.08. The summed E-state index contributed by atoms with van der Waals surface area (Å²) in [6.45, 7) is 0. The molecule has 1 aliphatic rings. The molecule has 0 aromatic heterocycles. The van der Waals surface area contributed by atoms with Gasteiger partial charge in [0, 0.05) is 17.1 Å². The normalized spacial score (nSPS) is 16.4. The smallest absolute Gasteiger partial charge is 0.0627 e. The van der Waals surface area contributed by atoms with Crippen molar-refractivity contribution < 1.29 is 0 Å². The van der Waals surface area contributed by atoms with Gasteiger partial charge in [-0.1, -0.05) is 30.3 Å². The highest BCUT2D eigenvalue weighted by Crippen LogP contribution is 2.51. The summed E-state index contributed by atoms with van der Waals surface area (Å²) in [6, 6.07) is 17.4. The SMILES string of the molecule is N#CCC1(CSc2ccc3ccccc3c2)CC1. The molecular formula is C16H15NS. The fourth-order valence-electron chi connectivity index (χ4n) is 2.21. The zero-order valence-corrected chi connectivity index (χ0v) is 11.0. The van der Waals surface area contributed by atoms with Crippen molar-refractivity contribution in [3.05, 3.63) is 42.5 Å². The highest BCUT2D eigenvalue weighted by atomic mass is 32.2. The first kappa shape index (κ1) is 11.6. The van der Waals surface area contributed by atoms with Crippen molar-refractivity contribution in [1.82, 2.24) is 0 Å². The van der Waals surface area contributed by atoms with Crippen molar-refractivity contribution in [3.8, 4) is 6.07 Å². The molecule has 0 bridgehead atoms. The van der Waals surface area contributed by atoms with Gasteiger partial charge in [-0.25, -0.2) is 0 Å². The Morgan fingerprint density at radius 1 is 1.11 bits per heavy atom. The van der Waals surface area contributed by atoms with Crippen LogP contribution in [-0.2, 0) is 0 Å². The molecule has 0 amide bonds. The van der Waals surface area contributed by atoms with Gasteiger partial charge in [-0.2, -0.15) is 5.26 Å². The monoisotopic (exact) mass is 253 g/mol. The summed E-state index contributed by atoms with van der Waals surface area (Å²) in [5.41, 5.74) is 0.324. The number of rotatable bonds is 4. The van der Waals surface area contributed by atoms with Crippen molar-refractivity contribution in [2.45, 2.75) is 24.2 Å². The summed E-state index contributed by atoms with van der Waals surface area (Å²) >= 11 is 1.89. The van der Waals surface area contributed by atoms with Crippen LogP contribution in [0.15, 0.2) is 47.4 Å². The maximum atomic E-state index is 8.82. The Labute approximate surface area is 112 Å². The number of nitrogens with zero attached hydrogens (tertiary/aromatic N) is 1. The minimum absolute atomic E-state index is 0.324. The molecule has 1 fully saturated rings. The lowest BCUT2D eigenvalue weighted by Crippen LogP contribution is -2.02. The van der Waals surface area contributed by atoms with Crippen LogP contribution in [0.1, 0.15) is 19.3 Å². The summed E-state index contributed by atoms with van der Waals surface area (Å²) in [7, 11) is 0. The van der Waals surface area contributed by atoms with Gasteiger partial charge in [-0.3, -0.25) is 0 Å². The van der Waals surface area contributed by atoms with Crippen molar-refractivity contribution in [1.29, 1.82) is 5.26 Å². The minimum atomic E-state index is 0.324. The standard InChI is InChI=1S/C16H15NS/c17-10-9-16(7-8-16)12-18-15-6-5-13-3-1-2-4-14(13)11-15/h1-6,11H,7-9,12H2. The Hall–Kier alpha value is -1.46. The molecule has 0 unspecified atom stereocenters. The zero-order chi connectivity index (χ0) is 12.4. The third-order valence-corrected chi connectivity index (χ3v) is 5.02. The Bertz CT molecular complexity index is 608. The van der Waals surface area contributed by atoms with E-state index in [2.05, 4.69) is 48.5 Å². The summed E-state index contributed by atoms with van der Waals surface area (Å²) in [4.78, 5) is 1.32. The van der Waals surface area contributed by atoms with Gasteiger partial charge >= 0.3 is 0 Å². The van der Waals surface area contributed by atoms with E-state index in [4.69, 9.17) is 5.26 Å². The van der Waals surface area contributed by atoms with E-state index in [1.165, 1.54) is 28.5 Å². The van der Waals surface area contributed by atoms with Gasteiger partial charge in [0.25, 0.3) is 0 Å². The van der Waals surface area contributed by atoms with Gasteiger partial charge in [-0.05, 0) is 41.2 Å². The van der Waals surface area contributed by atoms with Crippen LogP contribution in [-0.4, -0.2) is 5.75 Å². The van der Waals surface area contributed by atoms with Crippen LogP contribution >= 0.6 is 11.8 Å². The molecule has 0 saturated heterocycles. The van der Waals surface area contributed by atoms with E-state index in [1.54, 1.807) is 0 Å². The van der Waals surface area contributed by atoms with Gasteiger partial charge in [0.1, 0.15) is 0 Å². The van der Waals surface area contributed by atoms with E-state index in [1.807, 2.05) is 11.8 Å². The van der Waals surface area contributed by atoms with Crippen molar-refractivity contribution in [2.75, 3.05) is 5.75 Å². The topological polar surface area (TPSA) is 23.8 Å². The maximum Gasteiger partial charge on any atom is 0.0627 e. The number of benzene rings is 2. The first-order chi connectivity index (χ1) is 8.81. The molecule has 1 saturated carbocycles. The average Bonchev–Trinajstić information content (AvgIpc) is 3.17. The van der Waals surface area contributed by atoms with E-state index >= 15 is 0 Å². The molecule has 18 heavy (non-hydrogen) atoms. The first-order valence-electron chi connectivity index (χ1n) is 6.30. The van der Waals surface area contributed by atoms with E-state index in [0.29, 0.717) is 11.8 Å². The van der Waals surface area contributed by atoms with Crippen LogP contribution in [0.2, 0.25) is 0 Å². The van der Waals surface area contributed by atoms with Crippen LogP contribution in [0.3, 0.4) is 0 Å². The van der Waals surface area contributed by atoms with Crippen molar-refractivity contribution in [2.24, 2.45) is 5.41 Å². The lowest BCUT2D eigenvalue weighted by Gasteiger charge is -2.10. The third-order valence-electron chi connectivity index (χ3n) is 3.68. The van der Waals surface area contributed by atoms with E-state index in [9.17, 15) is 0 Å². The maximum absolute atomic E-state index is 8.82. The number of hydrogen-bond donors (Lipinski definition) is 0. The second-order valence-electron chi connectivity index (χ2n) is 5.13. The molecule has 0 spiro atoms. The van der Waals surface area contributed by atoms with Gasteiger partial charge < -0.3 is 0 Å². The van der Waals surface area contributed by atoms with Gasteiger partial charge in [0.15, 0.2) is 0 Å². The fourth-order valence-corrected chi connectivity index (χ4v) is 3.45. The van der Waals surface area contributed by atoms with Crippen LogP contribution in [0, 0.1) is 16.7 Å². The molecule has 2 aromatic rings. The van der Waals surface area contributed by atoms with Gasteiger partial charge in [-0.15, -0.1) is 11.8 Å². The molecule has 0 N–H and O–H groups in total. The molecule has 0 aliphatic heterocycles. The third kappa shape index (κ3) is 2.37. The molecule has 0 heterocycles.